The Balaban J connectivity index is 2.06. The van der Waals surface area contributed by atoms with Crippen LogP contribution in [-0.4, -0.2) is 35.1 Å². The molecule has 0 bridgehead atoms. The number of hydrogen-bond acceptors (Lipinski definition) is 4. The molecule has 3 nitrogen and oxygen atoms in total. The number of aromatic nitrogens is 1. The normalized spacial score (nSPS) is 20.4. The van der Waals surface area contributed by atoms with Crippen LogP contribution in [-0.2, 0) is 6.54 Å². The summed E-state index contributed by atoms with van der Waals surface area (Å²) in [6.45, 7) is 8.66. The monoisotopic (exact) mass is 265 g/mol. The third-order valence-corrected chi connectivity index (χ3v) is 4.38. The highest BCUT2D eigenvalue weighted by molar-refractivity contribution is 7.99. The van der Waals surface area contributed by atoms with Gasteiger partial charge in [0.1, 0.15) is 5.82 Å². The van der Waals surface area contributed by atoms with Crippen molar-refractivity contribution < 1.29 is 0 Å². The molecule has 4 heteroatoms. The van der Waals surface area contributed by atoms with E-state index in [2.05, 4.69) is 48.1 Å². The molecule has 1 aromatic rings. The van der Waals surface area contributed by atoms with E-state index in [1.807, 2.05) is 18.0 Å². The molecule has 0 aliphatic carbocycles. The third kappa shape index (κ3) is 3.62. The van der Waals surface area contributed by atoms with Gasteiger partial charge in [-0.25, -0.2) is 4.98 Å². The maximum atomic E-state index is 4.53. The molecule has 1 fully saturated rings. The maximum Gasteiger partial charge on any atom is 0.129 e. The van der Waals surface area contributed by atoms with Gasteiger partial charge in [-0.05, 0) is 24.6 Å². The number of thioether (sulfide) groups is 1. The molecule has 2 rings (SSSR count). The van der Waals surface area contributed by atoms with E-state index in [9.17, 15) is 0 Å². The average Bonchev–Trinajstić information content (AvgIpc) is 2.37. The Labute approximate surface area is 114 Å². The lowest BCUT2D eigenvalue weighted by atomic mass is 10.2. The van der Waals surface area contributed by atoms with Crippen LogP contribution in [0.2, 0.25) is 0 Å². The largest absolute Gasteiger partial charge is 0.352 e. The first-order valence-electron chi connectivity index (χ1n) is 6.69. The van der Waals surface area contributed by atoms with Crippen molar-refractivity contribution in [2.24, 2.45) is 0 Å². The molecule has 0 amide bonds. The Morgan fingerprint density at radius 2 is 2.39 bits per heavy atom. The quantitative estimate of drug-likeness (QED) is 0.905. The number of anilines is 1. The zero-order chi connectivity index (χ0) is 13.0. The zero-order valence-corrected chi connectivity index (χ0v) is 12.3. The number of rotatable bonds is 4. The minimum Gasteiger partial charge on any atom is -0.352 e. The molecule has 1 aromatic heterocycles. The van der Waals surface area contributed by atoms with Crippen LogP contribution in [0.3, 0.4) is 0 Å². The van der Waals surface area contributed by atoms with Gasteiger partial charge in [-0.3, -0.25) is 0 Å². The first-order valence-corrected chi connectivity index (χ1v) is 7.85. The van der Waals surface area contributed by atoms with E-state index < -0.39 is 0 Å². The maximum absolute atomic E-state index is 4.53. The van der Waals surface area contributed by atoms with E-state index >= 15 is 0 Å². The Bertz CT molecular complexity index is 381. The van der Waals surface area contributed by atoms with Crippen LogP contribution >= 0.6 is 11.8 Å². The molecule has 18 heavy (non-hydrogen) atoms. The topological polar surface area (TPSA) is 28.2 Å². The first-order chi connectivity index (χ1) is 8.66. The van der Waals surface area contributed by atoms with Crippen LogP contribution < -0.4 is 10.2 Å². The standard InChI is InChI=1S/C14H23N3S/c1-11(2)16-9-13-4-5-15-14(8-13)17-6-7-18-10-12(17)3/h4-5,8,11-12,16H,6-7,9-10H2,1-3H3. The summed E-state index contributed by atoms with van der Waals surface area (Å²) < 4.78 is 0. The van der Waals surface area contributed by atoms with Crippen LogP contribution in [0, 0.1) is 0 Å². The highest BCUT2D eigenvalue weighted by Crippen LogP contribution is 2.22. The van der Waals surface area contributed by atoms with Gasteiger partial charge in [0.25, 0.3) is 0 Å². The Hall–Kier alpha value is -0.740. The average molecular weight is 265 g/mol. The van der Waals surface area contributed by atoms with Crippen molar-refractivity contribution in [2.75, 3.05) is 23.0 Å². The molecule has 1 aliphatic heterocycles. The second-order valence-corrected chi connectivity index (χ2v) is 6.33. The summed E-state index contributed by atoms with van der Waals surface area (Å²) >= 11 is 2.04. The molecule has 1 aliphatic rings. The van der Waals surface area contributed by atoms with Gasteiger partial charge < -0.3 is 10.2 Å². The van der Waals surface area contributed by atoms with Crippen molar-refractivity contribution in [3.05, 3.63) is 23.9 Å². The molecule has 0 spiro atoms. The number of nitrogens with one attached hydrogen (secondary N) is 1. The number of nitrogens with zero attached hydrogens (tertiary/aromatic N) is 2. The van der Waals surface area contributed by atoms with Gasteiger partial charge in [-0.2, -0.15) is 11.8 Å². The van der Waals surface area contributed by atoms with Gasteiger partial charge in [0, 0.05) is 42.9 Å². The summed E-state index contributed by atoms with van der Waals surface area (Å²) in [7, 11) is 0. The molecule has 0 saturated carbocycles. The lowest BCUT2D eigenvalue weighted by Gasteiger charge is -2.34. The summed E-state index contributed by atoms with van der Waals surface area (Å²) in [6, 6.07) is 5.43. The highest BCUT2D eigenvalue weighted by atomic mass is 32.2. The van der Waals surface area contributed by atoms with Crippen molar-refractivity contribution in [1.29, 1.82) is 0 Å². The van der Waals surface area contributed by atoms with E-state index in [4.69, 9.17) is 0 Å². The fourth-order valence-electron chi connectivity index (χ4n) is 2.12. The predicted octanol–water partition coefficient (Wildman–Crippen LogP) is 2.52. The predicted molar refractivity (Wildman–Crippen MR) is 80.3 cm³/mol. The Morgan fingerprint density at radius 3 is 3.11 bits per heavy atom. The van der Waals surface area contributed by atoms with E-state index in [0.717, 1.165) is 18.9 Å². The SMILES string of the molecule is CC(C)NCc1ccnc(N2CCSCC2C)c1. The minimum atomic E-state index is 0.520. The van der Waals surface area contributed by atoms with E-state index in [1.165, 1.54) is 17.1 Å². The van der Waals surface area contributed by atoms with Gasteiger partial charge in [-0.1, -0.05) is 13.8 Å². The fourth-order valence-corrected chi connectivity index (χ4v) is 3.13. The van der Waals surface area contributed by atoms with Crippen molar-refractivity contribution >= 4 is 17.6 Å². The zero-order valence-electron chi connectivity index (χ0n) is 11.5. The van der Waals surface area contributed by atoms with Crippen LogP contribution in [0.1, 0.15) is 26.3 Å². The molecule has 0 aromatic carbocycles. The minimum absolute atomic E-state index is 0.520. The van der Waals surface area contributed by atoms with Crippen LogP contribution in [0.15, 0.2) is 18.3 Å². The molecule has 0 radical (unpaired) electrons. The molecule has 100 valence electrons. The first kappa shape index (κ1) is 13.7. The summed E-state index contributed by atoms with van der Waals surface area (Å²) in [5.74, 6) is 3.54. The molecular weight excluding hydrogens is 242 g/mol. The van der Waals surface area contributed by atoms with Crippen molar-refractivity contribution in [1.82, 2.24) is 10.3 Å². The molecule has 1 saturated heterocycles. The van der Waals surface area contributed by atoms with E-state index in [-0.39, 0.29) is 0 Å². The summed E-state index contributed by atoms with van der Waals surface area (Å²) in [6.07, 6.45) is 1.93. The number of hydrogen-bond donors (Lipinski definition) is 1. The van der Waals surface area contributed by atoms with Crippen molar-refractivity contribution in [3.8, 4) is 0 Å². The van der Waals surface area contributed by atoms with Crippen molar-refractivity contribution in [3.63, 3.8) is 0 Å². The summed E-state index contributed by atoms with van der Waals surface area (Å²) in [5.41, 5.74) is 1.32. The van der Waals surface area contributed by atoms with E-state index in [0.29, 0.717) is 12.1 Å². The van der Waals surface area contributed by atoms with Gasteiger partial charge in [0.05, 0.1) is 0 Å². The molecule has 1 N–H and O–H groups in total. The number of pyridine rings is 1. The van der Waals surface area contributed by atoms with E-state index in [1.54, 1.807) is 0 Å². The highest BCUT2D eigenvalue weighted by Gasteiger charge is 2.19. The third-order valence-electron chi connectivity index (χ3n) is 3.19. The van der Waals surface area contributed by atoms with Crippen LogP contribution in [0.25, 0.3) is 0 Å². The van der Waals surface area contributed by atoms with Gasteiger partial charge in [-0.15, -0.1) is 0 Å². The van der Waals surface area contributed by atoms with Gasteiger partial charge in [0.15, 0.2) is 0 Å². The second-order valence-electron chi connectivity index (χ2n) is 5.18. The lowest BCUT2D eigenvalue weighted by molar-refractivity contribution is 0.588. The summed E-state index contributed by atoms with van der Waals surface area (Å²) in [4.78, 5) is 6.96. The Morgan fingerprint density at radius 1 is 1.56 bits per heavy atom. The van der Waals surface area contributed by atoms with Crippen molar-refractivity contribution in [2.45, 2.75) is 39.4 Å². The molecule has 1 unspecified atom stereocenters. The fraction of sp³-hybridized carbons (Fsp3) is 0.643. The lowest BCUT2D eigenvalue weighted by Crippen LogP contribution is -2.40. The molecule has 2 heterocycles. The molecular formula is C14H23N3S. The second kappa shape index (κ2) is 6.43. The molecule has 1 atom stereocenters. The smallest absolute Gasteiger partial charge is 0.129 e. The van der Waals surface area contributed by atoms with Crippen LogP contribution in [0.5, 0.6) is 0 Å². The van der Waals surface area contributed by atoms with Crippen LogP contribution in [0.4, 0.5) is 5.82 Å². The van der Waals surface area contributed by atoms with Gasteiger partial charge in [0.2, 0.25) is 0 Å². The Kier molecular flexibility index (Phi) is 4.89. The van der Waals surface area contributed by atoms with Gasteiger partial charge >= 0.3 is 0 Å². The summed E-state index contributed by atoms with van der Waals surface area (Å²) in [5, 5.41) is 3.45.